The minimum atomic E-state index is -4.45. The quantitative estimate of drug-likeness (QED) is 0.345. The Kier molecular flexibility index (Phi) is 7.30. The van der Waals surface area contributed by atoms with Gasteiger partial charge in [0.2, 0.25) is 0 Å². The van der Waals surface area contributed by atoms with Gasteiger partial charge in [-0.3, -0.25) is 14.3 Å². The zero-order valence-corrected chi connectivity index (χ0v) is 22.1. The molecule has 2 aromatic carbocycles. The van der Waals surface area contributed by atoms with Crippen LogP contribution in [0, 0.1) is 0 Å². The van der Waals surface area contributed by atoms with Crippen molar-refractivity contribution in [3.8, 4) is 5.00 Å². The third kappa shape index (κ3) is 5.48. The predicted molar refractivity (Wildman–Crippen MR) is 144 cm³/mol. The number of primary amides is 1. The fraction of sp³-hybridized carbons (Fsp3) is 0.357. The molecule has 2 aromatic heterocycles. The number of amides is 1. The lowest BCUT2D eigenvalue weighted by Crippen LogP contribution is -2.43. The minimum Gasteiger partial charge on any atom is -0.365 e. The number of likely N-dealkylation sites (N-methyl/N-ethyl adjacent to an activating group) is 1. The molecule has 1 aliphatic rings. The molecular weight excluding hydrogens is 511 g/mol. The third-order valence-electron chi connectivity index (χ3n) is 7.19. The van der Waals surface area contributed by atoms with Gasteiger partial charge < -0.3 is 10.6 Å². The second kappa shape index (κ2) is 10.5. The number of halogens is 3. The van der Waals surface area contributed by atoms with Crippen molar-refractivity contribution in [3.63, 3.8) is 0 Å². The summed E-state index contributed by atoms with van der Waals surface area (Å²) < 4.78 is 42.7. The molecule has 0 radical (unpaired) electrons. The first-order valence-corrected chi connectivity index (χ1v) is 13.4. The van der Waals surface area contributed by atoms with Crippen molar-refractivity contribution >= 4 is 28.3 Å². The summed E-state index contributed by atoms with van der Waals surface area (Å²) in [5.74, 6) is -1.06. The zero-order valence-electron chi connectivity index (χ0n) is 21.3. The zero-order chi connectivity index (χ0) is 27.0. The average Bonchev–Trinajstić information content (AvgIpc) is 3.49. The number of carbonyl (C=O) groups excluding carboxylic acids is 1. The fourth-order valence-electron chi connectivity index (χ4n) is 5.11. The molecule has 0 aliphatic carbocycles. The highest BCUT2D eigenvalue weighted by Gasteiger charge is 2.34. The second-order valence-corrected chi connectivity index (χ2v) is 11.0. The minimum absolute atomic E-state index is 0.199. The molecule has 0 spiro atoms. The molecule has 1 unspecified atom stereocenters. The molecule has 38 heavy (non-hydrogen) atoms. The Bertz CT molecular complexity index is 1450. The van der Waals surface area contributed by atoms with Gasteiger partial charge >= 0.3 is 6.18 Å². The lowest BCUT2D eigenvalue weighted by molar-refractivity contribution is -0.138. The topological polar surface area (TPSA) is 67.4 Å². The molecule has 1 amide bonds. The van der Waals surface area contributed by atoms with Crippen LogP contribution in [0.4, 0.5) is 13.2 Å². The van der Waals surface area contributed by atoms with Gasteiger partial charge in [0.15, 0.2) is 0 Å². The van der Waals surface area contributed by atoms with Crippen molar-refractivity contribution in [1.29, 1.82) is 0 Å². The second-order valence-electron chi connectivity index (χ2n) is 10.0. The van der Waals surface area contributed by atoms with Crippen LogP contribution >= 0.6 is 11.3 Å². The maximum Gasteiger partial charge on any atom is 0.416 e. The number of rotatable bonds is 7. The van der Waals surface area contributed by atoms with Crippen LogP contribution in [0.25, 0.3) is 16.0 Å². The number of hydrogen-bond donors (Lipinski definition) is 1. The molecule has 5 rings (SSSR count). The highest BCUT2D eigenvalue weighted by molar-refractivity contribution is 7.16. The number of piperazine rings is 1. The molecule has 0 saturated carbocycles. The summed E-state index contributed by atoms with van der Waals surface area (Å²) in [6.45, 7) is 6.69. The molecule has 2 N–H and O–H groups in total. The molecule has 1 atom stereocenters. The SMILES string of the molecule is CC(Cc1cc(-n2cnc3ccc(CN4CCN(C)CC4)cc32)sc1C(N)=O)c1ccccc1C(F)(F)F. The monoisotopic (exact) mass is 541 g/mol. The summed E-state index contributed by atoms with van der Waals surface area (Å²) in [5.41, 5.74) is 8.80. The van der Waals surface area contributed by atoms with Crippen LogP contribution in [0.2, 0.25) is 0 Å². The summed E-state index contributed by atoms with van der Waals surface area (Å²) in [6, 6.07) is 13.6. The number of nitrogens with two attached hydrogens (primary N) is 1. The normalized spacial score (nSPS) is 16.2. The van der Waals surface area contributed by atoms with Crippen LogP contribution in [-0.4, -0.2) is 58.5 Å². The molecule has 6 nitrogen and oxygen atoms in total. The van der Waals surface area contributed by atoms with E-state index in [1.165, 1.54) is 29.0 Å². The first-order valence-electron chi connectivity index (χ1n) is 12.6. The first kappa shape index (κ1) is 26.4. The molecule has 10 heteroatoms. The van der Waals surface area contributed by atoms with E-state index in [0.29, 0.717) is 10.4 Å². The number of thiophene rings is 1. The van der Waals surface area contributed by atoms with Crippen molar-refractivity contribution in [2.24, 2.45) is 5.73 Å². The Hall–Kier alpha value is -3.21. The Balaban J connectivity index is 1.44. The number of hydrogen-bond acceptors (Lipinski definition) is 5. The number of benzene rings is 2. The van der Waals surface area contributed by atoms with Crippen molar-refractivity contribution in [1.82, 2.24) is 19.4 Å². The van der Waals surface area contributed by atoms with E-state index in [9.17, 15) is 18.0 Å². The standard InChI is InChI=1S/C28H30F3N5OS/c1-18(21-5-3-4-6-22(21)28(29,30)31)13-20-15-25(38-26(20)27(32)37)36-17-33-23-8-7-19(14-24(23)36)16-35-11-9-34(2)10-12-35/h3-8,14-15,17-18H,9-13,16H2,1-2H3,(H2,32,37). The van der Waals surface area contributed by atoms with Gasteiger partial charge in [0.1, 0.15) is 11.3 Å². The van der Waals surface area contributed by atoms with Gasteiger partial charge in [-0.25, -0.2) is 4.98 Å². The van der Waals surface area contributed by atoms with Crippen LogP contribution in [0.15, 0.2) is 54.9 Å². The molecule has 0 bridgehead atoms. The maximum absolute atomic E-state index is 13.6. The highest BCUT2D eigenvalue weighted by Crippen LogP contribution is 2.38. The van der Waals surface area contributed by atoms with Crippen LogP contribution in [-0.2, 0) is 19.1 Å². The summed E-state index contributed by atoms with van der Waals surface area (Å²) >= 11 is 1.24. The van der Waals surface area contributed by atoms with Gasteiger partial charge in [-0.1, -0.05) is 31.2 Å². The van der Waals surface area contributed by atoms with Gasteiger partial charge in [0.05, 0.1) is 21.5 Å². The molecular formula is C28H30F3N5OS. The summed E-state index contributed by atoms with van der Waals surface area (Å²) in [7, 11) is 2.13. The predicted octanol–water partition coefficient (Wildman–Crippen LogP) is 5.30. The number of carbonyl (C=O) groups is 1. The summed E-state index contributed by atoms with van der Waals surface area (Å²) in [5, 5.41) is 0.754. The van der Waals surface area contributed by atoms with Gasteiger partial charge in [-0.15, -0.1) is 11.3 Å². The molecule has 200 valence electrons. The number of alkyl halides is 3. The Morgan fingerprint density at radius 1 is 1.11 bits per heavy atom. The fourth-order valence-corrected chi connectivity index (χ4v) is 6.14. The smallest absolute Gasteiger partial charge is 0.365 e. The maximum atomic E-state index is 13.6. The Morgan fingerprint density at radius 2 is 1.84 bits per heavy atom. The number of imidazole rings is 1. The molecule has 1 aliphatic heterocycles. The van der Waals surface area contributed by atoms with Gasteiger partial charge in [0.25, 0.3) is 5.91 Å². The van der Waals surface area contributed by atoms with E-state index in [4.69, 9.17) is 5.73 Å². The molecule has 1 fully saturated rings. The lowest BCUT2D eigenvalue weighted by Gasteiger charge is -2.32. The van der Waals surface area contributed by atoms with E-state index in [2.05, 4.69) is 34.0 Å². The molecule has 3 heterocycles. The van der Waals surface area contributed by atoms with Crippen molar-refractivity contribution in [2.75, 3.05) is 33.2 Å². The van der Waals surface area contributed by atoms with Crippen LogP contribution < -0.4 is 5.73 Å². The largest absolute Gasteiger partial charge is 0.416 e. The van der Waals surface area contributed by atoms with Gasteiger partial charge in [-0.2, -0.15) is 13.2 Å². The Labute approximate surface area is 223 Å². The lowest BCUT2D eigenvalue weighted by atomic mass is 9.90. The number of nitrogens with zero attached hydrogens (tertiary/aromatic N) is 4. The number of aromatic nitrogens is 2. The van der Waals surface area contributed by atoms with Crippen LogP contribution in [0.1, 0.15) is 44.8 Å². The van der Waals surface area contributed by atoms with Crippen molar-refractivity contribution < 1.29 is 18.0 Å². The first-order chi connectivity index (χ1) is 18.1. The Morgan fingerprint density at radius 3 is 2.55 bits per heavy atom. The van der Waals surface area contributed by atoms with E-state index < -0.39 is 23.6 Å². The van der Waals surface area contributed by atoms with E-state index in [0.717, 1.165) is 54.8 Å². The highest BCUT2D eigenvalue weighted by atomic mass is 32.1. The van der Waals surface area contributed by atoms with Crippen molar-refractivity contribution in [3.05, 3.63) is 82.0 Å². The summed E-state index contributed by atoms with van der Waals surface area (Å²) in [4.78, 5) is 22.0. The van der Waals surface area contributed by atoms with Crippen LogP contribution in [0.5, 0.6) is 0 Å². The van der Waals surface area contributed by atoms with E-state index in [1.54, 1.807) is 19.3 Å². The summed E-state index contributed by atoms with van der Waals surface area (Å²) in [6.07, 6.45) is -2.48. The van der Waals surface area contributed by atoms with Gasteiger partial charge in [0, 0.05) is 32.7 Å². The van der Waals surface area contributed by atoms with E-state index in [1.807, 2.05) is 16.7 Å². The average molecular weight is 542 g/mol. The van der Waals surface area contributed by atoms with Crippen LogP contribution in [0.3, 0.4) is 0 Å². The molecule has 4 aromatic rings. The number of fused-ring (bicyclic) bond motifs is 1. The third-order valence-corrected chi connectivity index (χ3v) is 8.39. The van der Waals surface area contributed by atoms with E-state index in [-0.39, 0.29) is 12.0 Å². The van der Waals surface area contributed by atoms with Crippen molar-refractivity contribution in [2.45, 2.75) is 32.0 Å². The molecule has 1 saturated heterocycles. The van der Waals surface area contributed by atoms with Gasteiger partial charge in [-0.05, 0) is 60.3 Å². The van der Waals surface area contributed by atoms with E-state index >= 15 is 0 Å².